The number of carbonyl (C=O) groups excluding carboxylic acids is 1. The highest BCUT2D eigenvalue weighted by Crippen LogP contribution is 2.36. The molecule has 1 amide bonds. The Morgan fingerprint density at radius 1 is 1.04 bits per heavy atom. The molecule has 2 aromatic rings. The SMILES string of the molecule is O=C(NCc1ccc(C(F)(F)F)cc1)C1(c2ccc(Br)cc2)CCOCC1. The zero-order valence-electron chi connectivity index (χ0n) is 14.5. The van der Waals surface area contributed by atoms with E-state index in [1.807, 2.05) is 24.3 Å². The van der Waals surface area contributed by atoms with Crippen LogP contribution in [0.5, 0.6) is 0 Å². The van der Waals surface area contributed by atoms with Crippen LogP contribution in [-0.4, -0.2) is 19.1 Å². The van der Waals surface area contributed by atoms with Gasteiger partial charge in [0, 0.05) is 24.2 Å². The molecule has 1 fully saturated rings. The van der Waals surface area contributed by atoms with Gasteiger partial charge in [0.15, 0.2) is 0 Å². The number of rotatable bonds is 4. The Morgan fingerprint density at radius 3 is 2.19 bits per heavy atom. The van der Waals surface area contributed by atoms with Gasteiger partial charge in [-0.3, -0.25) is 4.79 Å². The van der Waals surface area contributed by atoms with Crippen LogP contribution >= 0.6 is 15.9 Å². The lowest BCUT2D eigenvalue weighted by Crippen LogP contribution is -2.47. The molecule has 0 saturated carbocycles. The van der Waals surface area contributed by atoms with Gasteiger partial charge in [-0.25, -0.2) is 0 Å². The molecule has 0 spiro atoms. The van der Waals surface area contributed by atoms with Crippen LogP contribution in [0.3, 0.4) is 0 Å². The van der Waals surface area contributed by atoms with E-state index in [-0.39, 0.29) is 12.5 Å². The van der Waals surface area contributed by atoms with Gasteiger partial charge in [-0.15, -0.1) is 0 Å². The molecule has 1 heterocycles. The summed E-state index contributed by atoms with van der Waals surface area (Å²) in [6.45, 7) is 1.16. The van der Waals surface area contributed by atoms with Crippen LogP contribution in [0.15, 0.2) is 53.0 Å². The standard InChI is InChI=1S/C20H19BrF3NO2/c21-17-7-5-15(6-8-17)19(9-11-27-12-10-19)18(26)25-13-14-1-3-16(4-2-14)20(22,23)24/h1-8H,9-13H2,(H,25,26). The molecule has 0 aliphatic carbocycles. The molecule has 1 N–H and O–H groups in total. The highest BCUT2D eigenvalue weighted by molar-refractivity contribution is 9.10. The van der Waals surface area contributed by atoms with E-state index in [2.05, 4.69) is 21.2 Å². The molecule has 1 saturated heterocycles. The Labute approximate surface area is 164 Å². The average molecular weight is 442 g/mol. The average Bonchev–Trinajstić information content (AvgIpc) is 2.67. The third-order valence-corrected chi connectivity index (χ3v) is 5.44. The zero-order chi connectivity index (χ0) is 19.5. The zero-order valence-corrected chi connectivity index (χ0v) is 16.1. The first-order chi connectivity index (χ1) is 12.8. The largest absolute Gasteiger partial charge is 0.416 e. The molecule has 0 aromatic heterocycles. The molecule has 0 bridgehead atoms. The maximum Gasteiger partial charge on any atom is 0.416 e. The lowest BCUT2D eigenvalue weighted by atomic mass is 9.73. The first-order valence-corrected chi connectivity index (χ1v) is 9.39. The van der Waals surface area contributed by atoms with E-state index in [4.69, 9.17) is 4.74 Å². The van der Waals surface area contributed by atoms with Crippen molar-refractivity contribution in [2.24, 2.45) is 0 Å². The monoisotopic (exact) mass is 441 g/mol. The molecule has 3 nitrogen and oxygen atoms in total. The smallest absolute Gasteiger partial charge is 0.381 e. The van der Waals surface area contributed by atoms with Crippen molar-refractivity contribution in [1.29, 1.82) is 0 Å². The predicted molar refractivity (Wildman–Crippen MR) is 99.2 cm³/mol. The Balaban J connectivity index is 1.74. The van der Waals surface area contributed by atoms with E-state index in [0.29, 0.717) is 31.6 Å². The maximum absolute atomic E-state index is 13.0. The number of benzene rings is 2. The molecular formula is C20H19BrF3NO2. The van der Waals surface area contributed by atoms with Crippen molar-refractivity contribution in [3.05, 3.63) is 69.7 Å². The first kappa shape index (κ1) is 19.9. The van der Waals surface area contributed by atoms with Crippen LogP contribution in [0.4, 0.5) is 13.2 Å². The summed E-state index contributed by atoms with van der Waals surface area (Å²) in [4.78, 5) is 13.0. The fraction of sp³-hybridized carbons (Fsp3) is 0.350. The number of alkyl halides is 3. The fourth-order valence-corrected chi connectivity index (χ4v) is 3.56. The summed E-state index contributed by atoms with van der Waals surface area (Å²) in [6.07, 6.45) is -3.24. The van der Waals surface area contributed by atoms with Gasteiger partial charge in [-0.05, 0) is 48.2 Å². The molecule has 0 radical (unpaired) electrons. The van der Waals surface area contributed by atoms with E-state index in [0.717, 1.165) is 22.2 Å². The van der Waals surface area contributed by atoms with Gasteiger partial charge in [-0.1, -0.05) is 40.2 Å². The normalized spacial score (nSPS) is 16.7. The molecule has 27 heavy (non-hydrogen) atoms. The van der Waals surface area contributed by atoms with E-state index >= 15 is 0 Å². The van der Waals surface area contributed by atoms with Gasteiger partial charge in [-0.2, -0.15) is 13.2 Å². The van der Waals surface area contributed by atoms with Crippen LogP contribution in [0.25, 0.3) is 0 Å². The number of hydrogen-bond acceptors (Lipinski definition) is 2. The van der Waals surface area contributed by atoms with Crippen molar-refractivity contribution < 1.29 is 22.7 Å². The van der Waals surface area contributed by atoms with Crippen LogP contribution < -0.4 is 5.32 Å². The molecular weight excluding hydrogens is 423 g/mol. The Kier molecular flexibility index (Phi) is 5.91. The van der Waals surface area contributed by atoms with Gasteiger partial charge >= 0.3 is 6.18 Å². The minimum Gasteiger partial charge on any atom is -0.381 e. The number of amides is 1. The summed E-state index contributed by atoms with van der Waals surface area (Å²) in [5.41, 5.74) is 0.145. The van der Waals surface area contributed by atoms with Crippen molar-refractivity contribution in [3.63, 3.8) is 0 Å². The van der Waals surface area contributed by atoms with Crippen molar-refractivity contribution in [2.75, 3.05) is 13.2 Å². The van der Waals surface area contributed by atoms with E-state index < -0.39 is 17.2 Å². The lowest BCUT2D eigenvalue weighted by molar-refractivity contribution is -0.137. The number of hydrogen-bond donors (Lipinski definition) is 1. The number of nitrogens with one attached hydrogen (secondary N) is 1. The van der Waals surface area contributed by atoms with Crippen molar-refractivity contribution >= 4 is 21.8 Å². The summed E-state index contributed by atoms with van der Waals surface area (Å²) in [6, 6.07) is 12.5. The molecule has 2 aromatic carbocycles. The maximum atomic E-state index is 13.0. The number of ether oxygens (including phenoxy) is 1. The van der Waals surface area contributed by atoms with Crippen LogP contribution in [0.1, 0.15) is 29.5 Å². The second kappa shape index (κ2) is 8.02. The summed E-state index contributed by atoms with van der Waals surface area (Å²) in [7, 11) is 0. The number of halogens is 4. The molecule has 7 heteroatoms. The van der Waals surface area contributed by atoms with E-state index in [1.54, 1.807) is 0 Å². The Morgan fingerprint density at radius 2 is 1.63 bits per heavy atom. The van der Waals surface area contributed by atoms with Gasteiger partial charge in [0.25, 0.3) is 0 Å². The minimum atomic E-state index is -4.37. The molecule has 0 atom stereocenters. The summed E-state index contributed by atoms with van der Waals surface area (Å²) in [5.74, 6) is -0.131. The highest BCUT2D eigenvalue weighted by atomic mass is 79.9. The second-order valence-corrected chi connectivity index (χ2v) is 7.49. The molecule has 1 aliphatic heterocycles. The lowest BCUT2D eigenvalue weighted by Gasteiger charge is -2.36. The van der Waals surface area contributed by atoms with Gasteiger partial charge < -0.3 is 10.1 Å². The van der Waals surface area contributed by atoms with Gasteiger partial charge in [0.2, 0.25) is 5.91 Å². The van der Waals surface area contributed by atoms with E-state index in [9.17, 15) is 18.0 Å². The first-order valence-electron chi connectivity index (χ1n) is 8.59. The van der Waals surface area contributed by atoms with Crippen molar-refractivity contribution in [2.45, 2.75) is 31.0 Å². The molecule has 144 valence electrons. The van der Waals surface area contributed by atoms with Gasteiger partial charge in [0.1, 0.15) is 0 Å². The quantitative estimate of drug-likeness (QED) is 0.737. The third-order valence-electron chi connectivity index (χ3n) is 4.91. The molecule has 0 unspecified atom stereocenters. The summed E-state index contributed by atoms with van der Waals surface area (Å²) in [5, 5.41) is 2.89. The minimum absolute atomic E-state index is 0.131. The van der Waals surface area contributed by atoms with Crippen LogP contribution in [0.2, 0.25) is 0 Å². The van der Waals surface area contributed by atoms with Crippen molar-refractivity contribution in [1.82, 2.24) is 5.32 Å². The third kappa shape index (κ3) is 4.52. The Hall–Kier alpha value is -1.86. The highest BCUT2D eigenvalue weighted by Gasteiger charge is 2.41. The summed E-state index contributed by atoms with van der Waals surface area (Å²) >= 11 is 3.40. The Bertz CT molecular complexity index is 782. The topological polar surface area (TPSA) is 38.3 Å². The van der Waals surface area contributed by atoms with Crippen LogP contribution in [0, 0.1) is 0 Å². The van der Waals surface area contributed by atoms with Crippen LogP contribution in [-0.2, 0) is 27.7 Å². The van der Waals surface area contributed by atoms with Gasteiger partial charge in [0.05, 0.1) is 11.0 Å². The fourth-order valence-electron chi connectivity index (χ4n) is 3.30. The van der Waals surface area contributed by atoms with E-state index in [1.165, 1.54) is 12.1 Å². The summed E-state index contributed by atoms with van der Waals surface area (Å²) < 4.78 is 44.3. The molecule has 1 aliphatic rings. The van der Waals surface area contributed by atoms with Crippen molar-refractivity contribution in [3.8, 4) is 0 Å². The number of carbonyl (C=O) groups is 1. The predicted octanol–water partition coefficient (Wildman–Crippen LogP) is 4.83. The molecule has 3 rings (SSSR count). The second-order valence-electron chi connectivity index (χ2n) is 6.58.